The van der Waals surface area contributed by atoms with Gasteiger partial charge in [0, 0.05) is 0 Å². The van der Waals surface area contributed by atoms with Gasteiger partial charge in [0.15, 0.2) is 12.5 Å². The molecule has 0 radical (unpaired) electrons. The van der Waals surface area contributed by atoms with Crippen LogP contribution in [0.4, 0.5) is 8.78 Å². The van der Waals surface area contributed by atoms with Crippen LogP contribution in [-0.4, -0.2) is 24.0 Å². The average molecular weight is 343 g/mol. The van der Waals surface area contributed by atoms with Gasteiger partial charge in [0.05, 0.1) is 11.1 Å². The third kappa shape index (κ3) is 3.14. The molecule has 2 aromatic rings. The maximum atomic E-state index is 13.4. The third-order valence-corrected chi connectivity index (χ3v) is 4.47. The monoisotopic (exact) mass is 343 g/mol. The minimum Gasteiger partial charge on any atom is -0.470 e. The average Bonchev–Trinajstić information content (AvgIpc) is 2.62. The molecule has 3 rings (SSSR count). The van der Waals surface area contributed by atoms with Gasteiger partial charge in [-0.2, -0.15) is 0 Å². The van der Waals surface area contributed by atoms with Gasteiger partial charge in [-0.25, -0.2) is 8.78 Å². The normalized spacial score (nSPS) is 15.6. The van der Waals surface area contributed by atoms with Gasteiger partial charge in [-0.15, -0.1) is 0 Å². The predicted octanol–water partition coefficient (Wildman–Crippen LogP) is 4.41. The quantitative estimate of drug-likeness (QED) is 0.823. The van der Waals surface area contributed by atoms with E-state index in [1.807, 2.05) is 44.2 Å². The summed E-state index contributed by atoms with van der Waals surface area (Å²) in [6, 6.07) is 17.9. The van der Waals surface area contributed by atoms with Crippen LogP contribution in [0.2, 0.25) is 0 Å². The second-order valence-corrected chi connectivity index (χ2v) is 6.34. The van der Waals surface area contributed by atoms with Gasteiger partial charge in [-0.1, -0.05) is 60.7 Å². The predicted molar refractivity (Wildman–Crippen MR) is 91.6 cm³/mol. The number of benzene rings is 2. The maximum absolute atomic E-state index is 13.4. The number of halogens is 2. The van der Waals surface area contributed by atoms with Crippen LogP contribution in [0.1, 0.15) is 25.0 Å². The first-order valence-electron chi connectivity index (χ1n) is 8.01. The molecule has 1 amide bonds. The first kappa shape index (κ1) is 17.1. The van der Waals surface area contributed by atoms with Gasteiger partial charge in [0.1, 0.15) is 0 Å². The van der Waals surface area contributed by atoms with E-state index in [-0.39, 0.29) is 12.3 Å². The Bertz CT molecular complexity index is 786. The van der Waals surface area contributed by atoms with Crippen molar-refractivity contribution < 1.29 is 18.3 Å². The second-order valence-electron chi connectivity index (χ2n) is 6.34. The largest absolute Gasteiger partial charge is 0.470 e. The molecule has 0 aromatic heterocycles. The lowest BCUT2D eigenvalue weighted by Crippen LogP contribution is -2.49. The van der Waals surface area contributed by atoms with Crippen molar-refractivity contribution in [2.24, 2.45) is 0 Å². The van der Waals surface area contributed by atoms with Gasteiger partial charge in [0.25, 0.3) is 12.3 Å². The minimum absolute atomic E-state index is 0.0779. The number of alkyl halides is 2. The summed E-state index contributed by atoms with van der Waals surface area (Å²) in [5.41, 5.74) is 0.550. The van der Waals surface area contributed by atoms with E-state index < -0.39 is 23.6 Å². The highest BCUT2D eigenvalue weighted by Crippen LogP contribution is 2.36. The summed E-state index contributed by atoms with van der Waals surface area (Å²) in [5.74, 6) is -1.02. The number of rotatable bonds is 4. The van der Waals surface area contributed by atoms with Crippen LogP contribution in [0.15, 0.2) is 66.4 Å². The molecule has 1 aliphatic heterocycles. The number of allylic oxidation sites excluding steroid dienone is 1. The molecule has 0 aliphatic carbocycles. The Hall–Kier alpha value is -2.69. The Balaban J connectivity index is 2.06. The van der Waals surface area contributed by atoms with Crippen molar-refractivity contribution >= 4 is 11.5 Å². The van der Waals surface area contributed by atoms with Crippen LogP contribution < -0.4 is 0 Å². The van der Waals surface area contributed by atoms with Gasteiger partial charge in [0.2, 0.25) is 0 Å². The van der Waals surface area contributed by atoms with E-state index in [9.17, 15) is 13.6 Å². The molecule has 0 fully saturated rings. The number of hydrogen-bond donors (Lipinski definition) is 0. The zero-order valence-corrected chi connectivity index (χ0v) is 14.1. The molecule has 0 saturated carbocycles. The van der Waals surface area contributed by atoms with Crippen molar-refractivity contribution in [1.29, 1.82) is 0 Å². The zero-order valence-electron chi connectivity index (χ0n) is 14.1. The maximum Gasteiger partial charge on any atom is 0.295 e. The molecule has 2 aromatic carbocycles. The van der Waals surface area contributed by atoms with E-state index >= 15 is 0 Å². The van der Waals surface area contributed by atoms with Crippen LogP contribution in [0, 0.1) is 0 Å². The highest BCUT2D eigenvalue weighted by Gasteiger charge is 2.41. The molecule has 25 heavy (non-hydrogen) atoms. The summed E-state index contributed by atoms with van der Waals surface area (Å²) in [7, 11) is 0. The summed E-state index contributed by atoms with van der Waals surface area (Å²) in [6.07, 6.45) is -2.85. The lowest BCUT2D eigenvalue weighted by molar-refractivity contribution is -0.141. The summed E-state index contributed by atoms with van der Waals surface area (Å²) in [6.45, 7) is 3.54. The summed E-state index contributed by atoms with van der Waals surface area (Å²) < 4.78 is 32.2. The van der Waals surface area contributed by atoms with E-state index in [0.717, 1.165) is 5.56 Å². The molecule has 0 spiro atoms. The molecule has 1 aliphatic rings. The first-order chi connectivity index (χ1) is 11.9. The SMILES string of the molecule is CC(C)(c1ccccc1)N1COC(C(F)F)=C(c2ccccc2)C1=O. The van der Waals surface area contributed by atoms with E-state index in [0.29, 0.717) is 5.56 Å². The highest BCUT2D eigenvalue weighted by molar-refractivity contribution is 6.20. The van der Waals surface area contributed by atoms with Crippen molar-refractivity contribution in [2.45, 2.75) is 25.8 Å². The van der Waals surface area contributed by atoms with Crippen molar-refractivity contribution in [2.75, 3.05) is 6.73 Å². The first-order valence-corrected chi connectivity index (χ1v) is 8.01. The van der Waals surface area contributed by atoms with E-state index in [4.69, 9.17) is 4.74 Å². The Labute approximate surface area is 145 Å². The molecule has 1 heterocycles. The minimum atomic E-state index is -2.85. The fourth-order valence-corrected chi connectivity index (χ4v) is 2.96. The summed E-state index contributed by atoms with van der Waals surface area (Å²) >= 11 is 0. The molecule has 3 nitrogen and oxygen atoms in total. The number of hydrogen-bond acceptors (Lipinski definition) is 2. The lowest BCUT2D eigenvalue weighted by atomic mass is 9.90. The highest BCUT2D eigenvalue weighted by atomic mass is 19.3. The third-order valence-electron chi connectivity index (χ3n) is 4.47. The Morgan fingerprint density at radius 2 is 1.56 bits per heavy atom. The fraction of sp³-hybridized carbons (Fsp3) is 0.250. The van der Waals surface area contributed by atoms with Crippen molar-refractivity contribution in [1.82, 2.24) is 4.90 Å². The van der Waals surface area contributed by atoms with Crippen LogP contribution in [0.3, 0.4) is 0 Å². The molecular formula is C20H19F2NO2. The number of ether oxygens (including phenoxy) is 1. The molecular weight excluding hydrogens is 324 g/mol. The van der Waals surface area contributed by atoms with Crippen LogP contribution in [-0.2, 0) is 15.1 Å². The van der Waals surface area contributed by atoms with Crippen LogP contribution >= 0.6 is 0 Å². The van der Waals surface area contributed by atoms with Crippen LogP contribution in [0.5, 0.6) is 0 Å². The van der Waals surface area contributed by atoms with Crippen LogP contribution in [0.25, 0.3) is 5.57 Å². The topological polar surface area (TPSA) is 29.5 Å². The molecule has 0 N–H and O–H groups in total. The molecule has 0 saturated heterocycles. The zero-order chi connectivity index (χ0) is 18.0. The van der Waals surface area contributed by atoms with Crippen molar-refractivity contribution in [3.05, 3.63) is 77.5 Å². The molecule has 0 atom stereocenters. The van der Waals surface area contributed by atoms with E-state index in [1.165, 1.54) is 4.90 Å². The van der Waals surface area contributed by atoms with Crippen molar-refractivity contribution in [3.8, 4) is 0 Å². The molecule has 5 heteroatoms. The van der Waals surface area contributed by atoms with E-state index in [1.54, 1.807) is 30.3 Å². The number of carbonyl (C=O) groups is 1. The van der Waals surface area contributed by atoms with Gasteiger partial charge in [-0.05, 0) is 25.0 Å². The second kappa shape index (κ2) is 6.67. The van der Waals surface area contributed by atoms with Gasteiger partial charge >= 0.3 is 0 Å². The number of carbonyl (C=O) groups excluding carboxylic acids is 1. The standard InChI is InChI=1S/C20H19F2NO2/c1-20(2,15-11-7-4-8-12-15)23-13-25-17(18(21)22)16(19(23)24)14-9-5-3-6-10-14/h3-12,18H,13H2,1-2H3. The summed E-state index contributed by atoms with van der Waals surface area (Å²) in [5, 5.41) is 0. The Morgan fingerprint density at radius 3 is 2.12 bits per heavy atom. The van der Waals surface area contributed by atoms with E-state index in [2.05, 4.69) is 0 Å². The number of nitrogens with zero attached hydrogens (tertiary/aromatic N) is 1. The Kier molecular flexibility index (Phi) is 4.57. The van der Waals surface area contributed by atoms with Crippen molar-refractivity contribution in [3.63, 3.8) is 0 Å². The van der Waals surface area contributed by atoms with Gasteiger partial charge in [-0.3, -0.25) is 9.69 Å². The fourth-order valence-electron chi connectivity index (χ4n) is 2.96. The molecule has 130 valence electrons. The lowest BCUT2D eigenvalue weighted by Gasteiger charge is -2.42. The Morgan fingerprint density at radius 1 is 1.00 bits per heavy atom. The molecule has 0 unspecified atom stereocenters. The molecule has 0 bridgehead atoms. The smallest absolute Gasteiger partial charge is 0.295 e. The van der Waals surface area contributed by atoms with Gasteiger partial charge < -0.3 is 4.74 Å². The summed E-state index contributed by atoms with van der Waals surface area (Å²) in [4.78, 5) is 14.6. The number of amides is 1.